The monoisotopic (exact) mass is 427 g/mol. The number of alkyl halides is 3. The van der Waals surface area contributed by atoms with Crippen molar-refractivity contribution in [2.45, 2.75) is 19.1 Å². The quantitative estimate of drug-likeness (QED) is 0.499. The molecule has 31 heavy (non-hydrogen) atoms. The summed E-state index contributed by atoms with van der Waals surface area (Å²) in [7, 11) is 0. The van der Waals surface area contributed by atoms with E-state index in [9.17, 15) is 18.0 Å². The zero-order valence-corrected chi connectivity index (χ0v) is 16.1. The van der Waals surface area contributed by atoms with Gasteiger partial charge in [0, 0.05) is 5.56 Å². The van der Waals surface area contributed by atoms with Crippen LogP contribution in [0.3, 0.4) is 0 Å². The third kappa shape index (κ3) is 4.29. The Bertz CT molecular complexity index is 1200. The van der Waals surface area contributed by atoms with Gasteiger partial charge in [0.1, 0.15) is 29.6 Å². The second kappa shape index (κ2) is 8.01. The molecule has 0 saturated carbocycles. The molecular formula is C20H16F3N7O. The largest absolute Gasteiger partial charge is 0.408 e. The van der Waals surface area contributed by atoms with E-state index in [0.717, 1.165) is 23.4 Å². The van der Waals surface area contributed by atoms with Crippen LogP contribution in [-0.2, 0) is 0 Å². The lowest BCUT2D eigenvalue weighted by Crippen LogP contribution is -2.24. The molecule has 0 aliphatic carbocycles. The summed E-state index contributed by atoms with van der Waals surface area (Å²) in [6, 6.07) is 13.6. The van der Waals surface area contributed by atoms with Crippen molar-refractivity contribution in [1.82, 2.24) is 29.9 Å². The first-order chi connectivity index (χ1) is 14.8. The molecular weight excluding hydrogens is 411 g/mol. The van der Waals surface area contributed by atoms with Gasteiger partial charge in [-0.25, -0.2) is 4.98 Å². The number of nitrogens with one attached hydrogen (secondary N) is 2. The van der Waals surface area contributed by atoms with Gasteiger partial charge in [-0.05, 0) is 25.1 Å². The highest BCUT2D eigenvalue weighted by Crippen LogP contribution is 2.32. The van der Waals surface area contributed by atoms with Crippen LogP contribution < -0.4 is 5.32 Å². The van der Waals surface area contributed by atoms with Gasteiger partial charge in [0.05, 0.1) is 5.69 Å². The molecule has 0 radical (unpaired) electrons. The van der Waals surface area contributed by atoms with Crippen LogP contribution in [0, 0.1) is 0 Å². The number of hydrogen-bond acceptors (Lipinski definition) is 5. The van der Waals surface area contributed by atoms with Gasteiger partial charge < -0.3 is 9.88 Å². The molecule has 1 aromatic carbocycles. The van der Waals surface area contributed by atoms with E-state index >= 15 is 0 Å². The van der Waals surface area contributed by atoms with Crippen molar-refractivity contribution >= 4 is 11.7 Å². The second-order valence-electron chi connectivity index (χ2n) is 6.67. The molecule has 0 aliphatic rings. The fraction of sp³-hybridized carbons (Fsp3) is 0.150. The summed E-state index contributed by atoms with van der Waals surface area (Å²) < 4.78 is 40.2. The van der Waals surface area contributed by atoms with Crippen LogP contribution in [0.1, 0.15) is 23.5 Å². The van der Waals surface area contributed by atoms with Crippen molar-refractivity contribution < 1.29 is 18.0 Å². The number of hydrogen-bond donors (Lipinski definition) is 2. The molecule has 4 rings (SSSR count). The number of aromatic nitrogens is 6. The molecule has 4 aromatic rings. The number of anilines is 1. The molecule has 1 amide bonds. The van der Waals surface area contributed by atoms with Gasteiger partial charge in [0.25, 0.3) is 5.91 Å². The fourth-order valence-electron chi connectivity index (χ4n) is 2.87. The maximum atomic E-state index is 13.1. The van der Waals surface area contributed by atoms with Crippen LogP contribution in [0.5, 0.6) is 0 Å². The lowest BCUT2D eigenvalue weighted by Gasteiger charge is -2.18. The Balaban J connectivity index is 1.55. The van der Waals surface area contributed by atoms with Crippen molar-refractivity contribution in [1.29, 1.82) is 0 Å². The van der Waals surface area contributed by atoms with Gasteiger partial charge >= 0.3 is 6.18 Å². The summed E-state index contributed by atoms with van der Waals surface area (Å²) in [5.74, 6) is -0.411. The molecule has 11 heteroatoms. The Morgan fingerprint density at radius 3 is 2.61 bits per heavy atom. The van der Waals surface area contributed by atoms with E-state index in [1.165, 1.54) is 12.1 Å². The van der Waals surface area contributed by atoms with Crippen molar-refractivity contribution in [3.8, 4) is 22.8 Å². The third-order valence-electron chi connectivity index (χ3n) is 4.58. The molecule has 0 unspecified atom stereocenters. The molecule has 0 saturated heterocycles. The Morgan fingerprint density at radius 2 is 1.87 bits per heavy atom. The average Bonchev–Trinajstić information content (AvgIpc) is 3.43. The number of amides is 1. The summed E-state index contributed by atoms with van der Waals surface area (Å²) in [6.45, 7) is 1.00. The van der Waals surface area contributed by atoms with E-state index in [2.05, 4.69) is 30.7 Å². The first-order valence-electron chi connectivity index (χ1n) is 9.19. The highest BCUT2D eigenvalue weighted by atomic mass is 19.4. The minimum atomic E-state index is -4.47. The van der Waals surface area contributed by atoms with E-state index in [4.69, 9.17) is 0 Å². The summed E-state index contributed by atoms with van der Waals surface area (Å²) >= 11 is 0. The number of H-pyrrole nitrogens is 1. The van der Waals surface area contributed by atoms with E-state index in [-0.39, 0.29) is 23.0 Å². The summed E-state index contributed by atoms with van der Waals surface area (Å²) in [4.78, 5) is 16.8. The maximum absolute atomic E-state index is 13.1. The number of halogens is 3. The first-order valence-corrected chi connectivity index (χ1v) is 9.19. The maximum Gasteiger partial charge on any atom is 0.408 e. The fourth-order valence-corrected chi connectivity index (χ4v) is 2.87. The smallest absolute Gasteiger partial charge is 0.305 e. The number of benzene rings is 1. The van der Waals surface area contributed by atoms with Gasteiger partial charge in [-0.15, -0.1) is 10.2 Å². The van der Waals surface area contributed by atoms with Crippen molar-refractivity contribution in [2.24, 2.45) is 0 Å². The van der Waals surface area contributed by atoms with E-state index < -0.39 is 18.1 Å². The first kappa shape index (κ1) is 20.3. The predicted molar refractivity (Wildman–Crippen MR) is 106 cm³/mol. The molecule has 3 aromatic heterocycles. The van der Waals surface area contributed by atoms with Crippen LogP contribution in [0.2, 0.25) is 0 Å². The van der Waals surface area contributed by atoms with Crippen LogP contribution in [0.15, 0.2) is 60.9 Å². The second-order valence-corrected chi connectivity index (χ2v) is 6.67. The van der Waals surface area contributed by atoms with Crippen LogP contribution in [-0.4, -0.2) is 42.0 Å². The number of carbonyl (C=O) groups is 1. The summed E-state index contributed by atoms with van der Waals surface area (Å²) in [5.41, 5.74) is 1.79. The Morgan fingerprint density at radius 1 is 1.10 bits per heavy atom. The Kier molecular flexibility index (Phi) is 5.24. The van der Waals surface area contributed by atoms with Crippen molar-refractivity contribution in [3.05, 3.63) is 66.6 Å². The molecule has 0 aliphatic heterocycles. The zero-order valence-electron chi connectivity index (χ0n) is 16.1. The van der Waals surface area contributed by atoms with Crippen molar-refractivity contribution in [2.75, 3.05) is 5.32 Å². The third-order valence-corrected chi connectivity index (χ3v) is 4.58. The van der Waals surface area contributed by atoms with Gasteiger partial charge in [-0.3, -0.25) is 9.89 Å². The van der Waals surface area contributed by atoms with Crippen molar-refractivity contribution in [3.63, 3.8) is 0 Å². The predicted octanol–water partition coefficient (Wildman–Crippen LogP) is 4.11. The lowest BCUT2D eigenvalue weighted by molar-refractivity contribution is -0.162. The standard InChI is InChI=1S/C20H16F3N7O/c1-12(20(21,22)23)30-11-24-29-18(30)14-8-5-9-17(25-14)26-19(31)16-10-15(27-28-16)13-6-3-2-4-7-13/h2-12H,1H3,(H,27,28)(H,25,26,31)/t12-/m0/s1. The Hall–Kier alpha value is -4.02. The molecule has 0 bridgehead atoms. The van der Waals surface area contributed by atoms with Crippen LogP contribution >= 0.6 is 0 Å². The number of pyridine rings is 1. The minimum Gasteiger partial charge on any atom is -0.305 e. The van der Waals surface area contributed by atoms with E-state index in [0.29, 0.717) is 5.69 Å². The number of rotatable bonds is 5. The highest BCUT2D eigenvalue weighted by Gasteiger charge is 2.38. The molecule has 8 nitrogen and oxygen atoms in total. The molecule has 158 valence electrons. The molecule has 0 spiro atoms. The normalized spacial score (nSPS) is 12.5. The summed E-state index contributed by atoms with van der Waals surface area (Å²) in [5, 5.41) is 16.7. The molecule has 1 atom stereocenters. The van der Waals surface area contributed by atoms with E-state index in [1.807, 2.05) is 30.3 Å². The average molecular weight is 427 g/mol. The molecule has 0 fully saturated rings. The molecule has 3 heterocycles. The van der Waals surface area contributed by atoms with Gasteiger partial charge in [-0.1, -0.05) is 36.4 Å². The SMILES string of the molecule is C[C@H](n1cnnc1-c1cccc(NC(=O)c2cc(-c3ccccc3)n[nH]2)n1)C(F)(F)F. The van der Waals surface area contributed by atoms with Crippen LogP contribution in [0.4, 0.5) is 19.0 Å². The lowest BCUT2D eigenvalue weighted by atomic mass is 10.1. The van der Waals surface area contributed by atoms with Crippen LogP contribution in [0.25, 0.3) is 22.8 Å². The minimum absolute atomic E-state index is 0.0613. The number of aromatic amines is 1. The highest BCUT2D eigenvalue weighted by molar-refractivity contribution is 6.03. The zero-order chi connectivity index (χ0) is 22.0. The number of nitrogens with zero attached hydrogens (tertiary/aromatic N) is 5. The van der Waals surface area contributed by atoms with Gasteiger partial charge in [-0.2, -0.15) is 18.3 Å². The number of carbonyl (C=O) groups excluding carboxylic acids is 1. The van der Waals surface area contributed by atoms with E-state index in [1.54, 1.807) is 12.1 Å². The van der Waals surface area contributed by atoms with Gasteiger partial charge in [0.2, 0.25) is 0 Å². The van der Waals surface area contributed by atoms with Gasteiger partial charge in [0.15, 0.2) is 5.82 Å². The molecule has 2 N–H and O–H groups in total. The Labute approximate surface area is 174 Å². The summed E-state index contributed by atoms with van der Waals surface area (Å²) in [6.07, 6.45) is -3.48. The topological polar surface area (TPSA) is 101 Å².